The average molecular weight is 641 g/mol. The zero-order valence-corrected chi connectivity index (χ0v) is 26.9. The third-order valence-electron chi connectivity index (χ3n) is 9.54. The van der Waals surface area contributed by atoms with Crippen molar-refractivity contribution in [1.29, 1.82) is 0 Å². The molecular formula is C46H28N2O2. The molecule has 0 saturated heterocycles. The number of nitrogens with zero attached hydrogens (tertiary/aromatic N) is 2. The first-order valence-corrected chi connectivity index (χ1v) is 16.7. The van der Waals surface area contributed by atoms with Crippen LogP contribution < -0.4 is 0 Å². The molecule has 50 heavy (non-hydrogen) atoms. The van der Waals surface area contributed by atoms with Crippen molar-refractivity contribution in [3.05, 3.63) is 170 Å². The van der Waals surface area contributed by atoms with Gasteiger partial charge in [0.1, 0.15) is 22.5 Å². The van der Waals surface area contributed by atoms with Crippen molar-refractivity contribution < 1.29 is 8.83 Å². The Bertz CT molecular complexity index is 2820. The molecule has 10 aromatic rings. The van der Waals surface area contributed by atoms with Crippen LogP contribution in [0.2, 0.25) is 0 Å². The summed E-state index contributed by atoms with van der Waals surface area (Å²) in [5, 5.41) is 5.67. The maximum atomic E-state index is 6.43. The zero-order valence-electron chi connectivity index (χ0n) is 26.9. The first-order chi connectivity index (χ1) is 24.7. The molecule has 3 heterocycles. The molecule has 3 aromatic heterocycles. The van der Waals surface area contributed by atoms with Crippen LogP contribution in [0.4, 0.5) is 0 Å². The van der Waals surface area contributed by atoms with Crippen molar-refractivity contribution in [2.24, 2.45) is 0 Å². The quantitative estimate of drug-likeness (QED) is 0.188. The van der Waals surface area contributed by atoms with Crippen molar-refractivity contribution >= 4 is 43.7 Å². The van der Waals surface area contributed by atoms with Gasteiger partial charge >= 0.3 is 0 Å². The van der Waals surface area contributed by atoms with Gasteiger partial charge in [-0.1, -0.05) is 140 Å². The summed E-state index contributed by atoms with van der Waals surface area (Å²) in [6.07, 6.45) is 0. The van der Waals surface area contributed by atoms with Crippen LogP contribution in [0.5, 0.6) is 0 Å². The second-order valence-corrected chi connectivity index (χ2v) is 12.6. The highest BCUT2D eigenvalue weighted by atomic mass is 16.3. The van der Waals surface area contributed by atoms with Gasteiger partial charge in [-0.3, -0.25) is 0 Å². The molecule has 0 aliphatic rings. The minimum absolute atomic E-state index is 0.613. The van der Waals surface area contributed by atoms with Crippen LogP contribution in [-0.4, -0.2) is 9.97 Å². The van der Waals surface area contributed by atoms with Crippen LogP contribution in [-0.2, 0) is 0 Å². The molecule has 0 N–H and O–H groups in total. The van der Waals surface area contributed by atoms with Gasteiger partial charge in [-0.25, -0.2) is 9.97 Å². The van der Waals surface area contributed by atoms with Gasteiger partial charge in [-0.05, 0) is 52.2 Å². The molecule has 4 nitrogen and oxygen atoms in total. The van der Waals surface area contributed by atoms with E-state index in [0.29, 0.717) is 5.82 Å². The van der Waals surface area contributed by atoms with Crippen LogP contribution in [0, 0.1) is 0 Å². The maximum Gasteiger partial charge on any atom is 0.164 e. The summed E-state index contributed by atoms with van der Waals surface area (Å²) < 4.78 is 12.6. The predicted molar refractivity (Wildman–Crippen MR) is 204 cm³/mol. The highest BCUT2D eigenvalue weighted by Crippen LogP contribution is 2.37. The fourth-order valence-corrected chi connectivity index (χ4v) is 7.01. The van der Waals surface area contributed by atoms with E-state index in [1.807, 2.05) is 42.5 Å². The topological polar surface area (TPSA) is 52.1 Å². The van der Waals surface area contributed by atoms with E-state index in [1.165, 1.54) is 16.3 Å². The number of furan rings is 2. The fourth-order valence-electron chi connectivity index (χ4n) is 7.01. The molecule has 4 heteroatoms. The van der Waals surface area contributed by atoms with E-state index >= 15 is 0 Å². The first kappa shape index (κ1) is 28.3. The lowest BCUT2D eigenvalue weighted by molar-refractivity contribution is 0.631. The maximum absolute atomic E-state index is 6.43. The molecule has 0 spiro atoms. The van der Waals surface area contributed by atoms with Crippen molar-refractivity contribution in [1.82, 2.24) is 9.97 Å². The van der Waals surface area contributed by atoms with Crippen molar-refractivity contribution in [2.45, 2.75) is 0 Å². The number of hydrogen-bond acceptors (Lipinski definition) is 4. The second-order valence-electron chi connectivity index (χ2n) is 12.6. The van der Waals surface area contributed by atoms with Crippen molar-refractivity contribution in [3.8, 4) is 56.4 Å². The Hall–Kier alpha value is -6.78. The molecule has 0 fully saturated rings. The summed E-state index contributed by atoms with van der Waals surface area (Å²) in [6, 6.07) is 58.6. The summed E-state index contributed by atoms with van der Waals surface area (Å²) in [4.78, 5) is 10.3. The van der Waals surface area contributed by atoms with Crippen LogP contribution >= 0.6 is 0 Å². The highest BCUT2D eigenvalue weighted by Gasteiger charge is 2.17. The van der Waals surface area contributed by atoms with Crippen LogP contribution in [0.1, 0.15) is 0 Å². The predicted octanol–water partition coefficient (Wildman–Crippen LogP) is 12.6. The van der Waals surface area contributed by atoms with Crippen molar-refractivity contribution in [2.75, 3.05) is 0 Å². The summed E-state index contributed by atoms with van der Waals surface area (Å²) in [5.41, 5.74) is 10.4. The molecule has 0 saturated carbocycles. The molecule has 0 aliphatic carbocycles. The van der Waals surface area contributed by atoms with Gasteiger partial charge in [0.2, 0.25) is 0 Å². The molecule has 0 aliphatic heterocycles. The Labute approximate surface area is 287 Å². The van der Waals surface area contributed by atoms with Crippen LogP contribution in [0.3, 0.4) is 0 Å². The number of benzene rings is 7. The third-order valence-corrected chi connectivity index (χ3v) is 9.54. The lowest BCUT2D eigenvalue weighted by atomic mass is 9.97. The Balaban J connectivity index is 1.10. The summed E-state index contributed by atoms with van der Waals surface area (Å²) in [7, 11) is 0. The fraction of sp³-hybridized carbons (Fsp3) is 0. The van der Waals surface area contributed by atoms with E-state index in [1.54, 1.807) is 0 Å². The second kappa shape index (κ2) is 11.4. The standard InChI is InChI=1S/C46H28N2O2/c1-3-12-35-29(9-1)11-7-14-36(35)30-19-21-31(22-20-30)40-28-41(32-23-25-33(26-24-32)44-27-34-10-2-5-17-42(34)49-44)48-46(47-40)39-16-8-15-38-37-13-4-6-18-43(37)50-45(38)39/h1-28H. The minimum atomic E-state index is 0.613. The van der Waals surface area contributed by atoms with E-state index in [-0.39, 0.29) is 0 Å². The SMILES string of the molecule is c1ccc2oc(-c3ccc(-c4cc(-c5ccc(-c6cccc7ccccc67)cc5)nc(-c5cccc6c5oc5ccccc56)n4)cc3)cc2c1. The van der Waals surface area contributed by atoms with Gasteiger partial charge in [0.25, 0.3) is 0 Å². The molecule has 0 radical (unpaired) electrons. The molecule has 0 bridgehead atoms. The zero-order chi connectivity index (χ0) is 33.0. The summed E-state index contributed by atoms with van der Waals surface area (Å²) in [5.74, 6) is 1.45. The largest absolute Gasteiger partial charge is 0.456 e. The van der Waals surface area contributed by atoms with E-state index in [0.717, 1.165) is 77.9 Å². The highest BCUT2D eigenvalue weighted by molar-refractivity contribution is 6.09. The van der Waals surface area contributed by atoms with Gasteiger partial charge in [0.05, 0.1) is 17.0 Å². The lowest BCUT2D eigenvalue weighted by Crippen LogP contribution is -1.96. The molecule has 0 atom stereocenters. The number of rotatable bonds is 5. The van der Waals surface area contributed by atoms with E-state index in [2.05, 4.69) is 127 Å². The number of hydrogen-bond donors (Lipinski definition) is 0. The number of fused-ring (bicyclic) bond motifs is 5. The third kappa shape index (κ3) is 4.77. The van der Waals surface area contributed by atoms with E-state index < -0.39 is 0 Å². The molecule has 234 valence electrons. The van der Waals surface area contributed by atoms with Crippen LogP contribution in [0.25, 0.3) is 100 Å². The molecule has 0 amide bonds. The summed E-state index contributed by atoms with van der Waals surface area (Å²) >= 11 is 0. The van der Waals surface area contributed by atoms with E-state index in [4.69, 9.17) is 18.8 Å². The average Bonchev–Trinajstić information content (AvgIpc) is 3.80. The Morgan fingerprint density at radius 2 is 0.920 bits per heavy atom. The normalized spacial score (nSPS) is 11.6. The molecule has 10 rings (SSSR count). The summed E-state index contributed by atoms with van der Waals surface area (Å²) in [6.45, 7) is 0. The number of para-hydroxylation sites is 3. The Morgan fingerprint density at radius 3 is 1.68 bits per heavy atom. The van der Waals surface area contributed by atoms with Crippen molar-refractivity contribution in [3.63, 3.8) is 0 Å². The Morgan fingerprint density at radius 1 is 0.360 bits per heavy atom. The molecular weight excluding hydrogens is 613 g/mol. The van der Waals surface area contributed by atoms with Gasteiger partial charge in [-0.2, -0.15) is 0 Å². The Kier molecular flexibility index (Phi) is 6.46. The lowest BCUT2D eigenvalue weighted by Gasteiger charge is -2.11. The monoisotopic (exact) mass is 640 g/mol. The molecule has 0 unspecified atom stereocenters. The van der Waals surface area contributed by atoms with Gasteiger partial charge in [-0.15, -0.1) is 0 Å². The smallest absolute Gasteiger partial charge is 0.164 e. The minimum Gasteiger partial charge on any atom is -0.456 e. The molecule has 7 aromatic carbocycles. The van der Waals surface area contributed by atoms with Gasteiger partial charge in [0.15, 0.2) is 5.82 Å². The van der Waals surface area contributed by atoms with E-state index in [9.17, 15) is 0 Å². The first-order valence-electron chi connectivity index (χ1n) is 16.7. The van der Waals surface area contributed by atoms with Gasteiger partial charge in [0, 0.05) is 32.8 Å². The number of aromatic nitrogens is 2. The van der Waals surface area contributed by atoms with Gasteiger partial charge < -0.3 is 8.83 Å². The van der Waals surface area contributed by atoms with Crippen LogP contribution in [0.15, 0.2) is 179 Å².